The molecule has 2 aromatic heterocycles. The first-order valence-electron chi connectivity index (χ1n) is 11.8. The third-order valence-corrected chi connectivity index (χ3v) is 6.44. The number of carbonyl (C=O) groups is 2. The second-order valence-electron chi connectivity index (χ2n) is 8.54. The van der Waals surface area contributed by atoms with Crippen LogP contribution in [-0.4, -0.2) is 46.6 Å². The number of amides is 2. The number of hydrogen-bond acceptors (Lipinski definition) is 5. The molecule has 0 saturated heterocycles. The fraction of sp³-hybridized carbons (Fsp3) is 0.214. The van der Waals surface area contributed by atoms with Crippen molar-refractivity contribution in [2.45, 2.75) is 25.3 Å². The van der Waals surface area contributed by atoms with E-state index in [1.54, 1.807) is 43.7 Å². The Hall–Kier alpha value is -4.04. The molecule has 0 saturated carbocycles. The zero-order chi connectivity index (χ0) is 26.2. The lowest BCUT2D eigenvalue weighted by Crippen LogP contribution is -2.42. The van der Waals surface area contributed by atoms with E-state index in [1.807, 2.05) is 36.4 Å². The third kappa shape index (κ3) is 7.01. The molecular weight excluding hydrogens is 495 g/mol. The molecule has 2 aromatic carbocycles. The summed E-state index contributed by atoms with van der Waals surface area (Å²) in [6.45, 7) is -0.0566. The standard InChI is InChI=1S/C28H26ClFN4O3/c1-34(26(35)13-12-19-9-6-11-24(30)27(19)29)23(16-22-10-4-5-14-31-22)18-37-28(36)33-25-15-20-7-2-3-8-21(20)17-32-25/h2-11,14-15,17,23H,12-13,16,18H2,1H3,(H,32,33,36)/t23-/m0/s1. The molecule has 0 aliphatic heterocycles. The monoisotopic (exact) mass is 520 g/mol. The van der Waals surface area contributed by atoms with Gasteiger partial charge in [0.05, 0.1) is 11.1 Å². The molecular formula is C28H26ClFN4O3. The van der Waals surface area contributed by atoms with Crippen LogP contribution in [0.4, 0.5) is 15.0 Å². The summed E-state index contributed by atoms with van der Waals surface area (Å²) < 4.78 is 19.2. The third-order valence-electron chi connectivity index (χ3n) is 6.02. The highest BCUT2D eigenvalue weighted by molar-refractivity contribution is 6.31. The van der Waals surface area contributed by atoms with Crippen molar-refractivity contribution in [2.75, 3.05) is 19.0 Å². The van der Waals surface area contributed by atoms with Gasteiger partial charge in [-0.3, -0.25) is 15.1 Å². The van der Waals surface area contributed by atoms with Crippen LogP contribution >= 0.6 is 11.6 Å². The largest absolute Gasteiger partial charge is 0.447 e. The van der Waals surface area contributed by atoms with Crippen molar-refractivity contribution in [3.8, 4) is 0 Å². The fourth-order valence-electron chi connectivity index (χ4n) is 3.90. The van der Waals surface area contributed by atoms with Crippen LogP contribution in [0.5, 0.6) is 0 Å². The summed E-state index contributed by atoms with van der Waals surface area (Å²) >= 11 is 6.03. The molecule has 7 nitrogen and oxygen atoms in total. The minimum Gasteiger partial charge on any atom is -0.447 e. The number of hydrogen-bond donors (Lipinski definition) is 1. The number of fused-ring (bicyclic) bond motifs is 1. The Morgan fingerprint density at radius 1 is 1.05 bits per heavy atom. The van der Waals surface area contributed by atoms with Gasteiger partial charge >= 0.3 is 6.09 Å². The Kier molecular flexibility index (Phi) is 8.64. The number of carbonyl (C=O) groups excluding carboxylic acids is 2. The number of aryl methyl sites for hydroxylation is 1. The van der Waals surface area contributed by atoms with E-state index < -0.39 is 18.0 Å². The molecule has 0 aliphatic carbocycles. The predicted molar refractivity (Wildman–Crippen MR) is 141 cm³/mol. The molecule has 0 bridgehead atoms. The minimum absolute atomic E-state index is 0.0188. The maximum atomic E-state index is 13.7. The van der Waals surface area contributed by atoms with E-state index in [0.717, 1.165) is 16.5 Å². The van der Waals surface area contributed by atoms with Crippen LogP contribution in [0.1, 0.15) is 17.7 Å². The first-order chi connectivity index (χ1) is 17.9. The van der Waals surface area contributed by atoms with E-state index in [2.05, 4.69) is 15.3 Å². The Bertz CT molecular complexity index is 1390. The predicted octanol–water partition coefficient (Wildman–Crippen LogP) is 5.67. The van der Waals surface area contributed by atoms with Crippen molar-refractivity contribution in [3.63, 3.8) is 0 Å². The van der Waals surface area contributed by atoms with Gasteiger partial charge in [0.1, 0.15) is 18.2 Å². The van der Waals surface area contributed by atoms with E-state index in [4.69, 9.17) is 16.3 Å². The Labute approximate surface area is 219 Å². The highest BCUT2D eigenvalue weighted by Crippen LogP contribution is 2.21. The maximum Gasteiger partial charge on any atom is 0.412 e. The summed E-state index contributed by atoms with van der Waals surface area (Å²) in [5, 5.41) is 4.55. The summed E-state index contributed by atoms with van der Waals surface area (Å²) in [5.41, 5.74) is 1.31. The van der Waals surface area contributed by atoms with Gasteiger partial charge in [-0.15, -0.1) is 0 Å². The quantitative estimate of drug-likeness (QED) is 0.307. The van der Waals surface area contributed by atoms with E-state index in [0.29, 0.717) is 17.8 Å². The van der Waals surface area contributed by atoms with Crippen molar-refractivity contribution in [2.24, 2.45) is 0 Å². The van der Waals surface area contributed by atoms with Crippen molar-refractivity contribution in [1.82, 2.24) is 14.9 Å². The van der Waals surface area contributed by atoms with Gasteiger partial charge in [0.15, 0.2) is 0 Å². The number of nitrogens with zero attached hydrogens (tertiary/aromatic N) is 3. The average Bonchev–Trinajstić information content (AvgIpc) is 2.91. The first kappa shape index (κ1) is 26.0. The number of pyridine rings is 2. The van der Waals surface area contributed by atoms with Crippen LogP contribution in [0.2, 0.25) is 5.02 Å². The molecule has 0 unspecified atom stereocenters. The highest BCUT2D eigenvalue weighted by Gasteiger charge is 2.23. The second kappa shape index (κ2) is 12.3. The minimum atomic E-state index is -0.679. The zero-order valence-electron chi connectivity index (χ0n) is 20.2. The van der Waals surface area contributed by atoms with Crippen LogP contribution in [0.15, 0.2) is 79.1 Å². The molecule has 4 aromatic rings. The Balaban J connectivity index is 1.40. The second-order valence-corrected chi connectivity index (χ2v) is 8.91. The molecule has 2 heterocycles. The van der Waals surface area contributed by atoms with Crippen LogP contribution in [0, 0.1) is 5.82 Å². The molecule has 0 radical (unpaired) electrons. The van der Waals surface area contributed by atoms with Gasteiger partial charge in [-0.05, 0) is 41.6 Å². The normalized spacial score (nSPS) is 11.6. The van der Waals surface area contributed by atoms with Crippen LogP contribution < -0.4 is 5.32 Å². The van der Waals surface area contributed by atoms with E-state index in [-0.39, 0.29) is 30.4 Å². The maximum absolute atomic E-state index is 13.7. The number of anilines is 1. The van der Waals surface area contributed by atoms with Crippen LogP contribution in [0.3, 0.4) is 0 Å². The number of halogens is 2. The Morgan fingerprint density at radius 3 is 2.62 bits per heavy atom. The lowest BCUT2D eigenvalue weighted by molar-refractivity contribution is -0.132. The SMILES string of the molecule is CN(C(=O)CCc1cccc(F)c1Cl)[C@H](COC(=O)Nc1cc2ccccc2cn1)Cc1ccccn1. The van der Waals surface area contributed by atoms with Gasteiger partial charge < -0.3 is 9.64 Å². The molecule has 190 valence electrons. The number of rotatable bonds is 9. The summed E-state index contributed by atoms with van der Waals surface area (Å²) in [6, 6.07) is 19.0. The van der Waals surface area contributed by atoms with E-state index in [1.165, 1.54) is 11.0 Å². The topological polar surface area (TPSA) is 84.4 Å². The van der Waals surface area contributed by atoms with Crippen molar-refractivity contribution in [3.05, 3.63) is 101 Å². The molecule has 1 N–H and O–H groups in total. The van der Waals surface area contributed by atoms with Crippen molar-refractivity contribution in [1.29, 1.82) is 0 Å². The Morgan fingerprint density at radius 2 is 1.84 bits per heavy atom. The van der Waals surface area contributed by atoms with Gasteiger partial charge in [0, 0.05) is 43.4 Å². The molecule has 0 spiro atoms. The zero-order valence-corrected chi connectivity index (χ0v) is 21.0. The molecule has 2 amide bonds. The van der Waals surface area contributed by atoms with E-state index >= 15 is 0 Å². The van der Waals surface area contributed by atoms with Gasteiger partial charge in [0.25, 0.3) is 0 Å². The molecule has 37 heavy (non-hydrogen) atoms. The van der Waals surface area contributed by atoms with Gasteiger partial charge in [-0.2, -0.15) is 0 Å². The summed E-state index contributed by atoms with van der Waals surface area (Å²) in [4.78, 5) is 35.7. The van der Waals surface area contributed by atoms with Gasteiger partial charge in [-0.1, -0.05) is 54.1 Å². The fourth-order valence-corrected chi connectivity index (χ4v) is 4.12. The van der Waals surface area contributed by atoms with Crippen molar-refractivity contribution >= 4 is 40.2 Å². The smallest absolute Gasteiger partial charge is 0.412 e. The molecule has 4 rings (SSSR count). The van der Waals surface area contributed by atoms with Gasteiger partial charge in [-0.25, -0.2) is 14.2 Å². The number of nitrogens with one attached hydrogen (secondary N) is 1. The van der Waals surface area contributed by atoms with Crippen LogP contribution in [-0.2, 0) is 22.4 Å². The number of ether oxygens (including phenoxy) is 1. The molecule has 0 fully saturated rings. The number of likely N-dealkylation sites (N-methyl/N-ethyl adjacent to an activating group) is 1. The van der Waals surface area contributed by atoms with Crippen LogP contribution in [0.25, 0.3) is 10.8 Å². The first-order valence-corrected chi connectivity index (χ1v) is 12.2. The van der Waals surface area contributed by atoms with Crippen molar-refractivity contribution < 1.29 is 18.7 Å². The summed E-state index contributed by atoms with van der Waals surface area (Å²) in [7, 11) is 1.65. The number of aromatic nitrogens is 2. The van der Waals surface area contributed by atoms with E-state index in [9.17, 15) is 14.0 Å². The summed E-state index contributed by atoms with van der Waals surface area (Å²) in [6.07, 6.45) is 3.44. The molecule has 9 heteroatoms. The molecule has 0 aliphatic rings. The highest BCUT2D eigenvalue weighted by atomic mass is 35.5. The van der Waals surface area contributed by atoms with Gasteiger partial charge in [0.2, 0.25) is 5.91 Å². The lowest BCUT2D eigenvalue weighted by atomic mass is 10.1. The molecule has 1 atom stereocenters. The number of benzene rings is 2. The summed E-state index contributed by atoms with van der Waals surface area (Å²) in [5.74, 6) is -0.351. The average molecular weight is 521 g/mol. The lowest BCUT2D eigenvalue weighted by Gasteiger charge is -2.28.